The molecule has 7 rings (SSSR count). The predicted molar refractivity (Wildman–Crippen MR) is 127 cm³/mol. The maximum Gasteiger partial charge on any atom is 0.213 e. The maximum atomic E-state index is 9.56. The van der Waals surface area contributed by atoms with Gasteiger partial charge < -0.3 is 14.4 Å². The summed E-state index contributed by atoms with van der Waals surface area (Å²) in [4.78, 5) is 11.4. The molecule has 0 N–H and O–H groups in total. The Hall–Kier alpha value is -4.12. The minimum absolute atomic E-state index is 0.228. The number of aromatic nitrogens is 4. The van der Waals surface area contributed by atoms with Gasteiger partial charge in [0.1, 0.15) is 23.7 Å². The maximum absolute atomic E-state index is 9.56. The van der Waals surface area contributed by atoms with Crippen LogP contribution in [0.3, 0.4) is 0 Å². The van der Waals surface area contributed by atoms with Crippen LogP contribution in [-0.2, 0) is 0 Å². The van der Waals surface area contributed by atoms with Crippen molar-refractivity contribution < 1.29 is 9.47 Å². The molecule has 2 saturated heterocycles. The average molecular weight is 453 g/mol. The van der Waals surface area contributed by atoms with Crippen molar-refractivity contribution in [1.82, 2.24) is 19.6 Å². The lowest BCUT2D eigenvalue weighted by molar-refractivity contribution is -0.0367. The van der Waals surface area contributed by atoms with E-state index in [0.717, 1.165) is 35.6 Å². The van der Waals surface area contributed by atoms with Crippen molar-refractivity contribution in [2.24, 2.45) is 11.8 Å². The molecule has 3 atom stereocenters. The Bertz CT molecular complexity index is 1350. The van der Waals surface area contributed by atoms with Crippen molar-refractivity contribution in [3.8, 4) is 28.8 Å². The standard InChI is InChI=1S/C26H24N6O2/c1-2-33-21-10-22(25-20(11-27)13-30-32(25)16-21)17-6-7-23(29-12-17)31-14-18-9-19(15-31)26(18)34-24-5-3-4-8-28-24/h3-8,10,12-13,16,18-19,26H,2,9,14-15H2,1H3/t18-,19?,26+/m0/s1. The van der Waals surface area contributed by atoms with Crippen LogP contribution in [0.2, 0.25) is 0 Å². The molecule has 3 aliphatic rings. The van der Waals surface area contributed by atoms with Gasteiger partial charge in [-0.3, -0.25) is 0 Å². The van der Waals surface area contributed by atoms with E-state index in [4.69, 9.17) is 14.5 Å². The highest BCUT2D eigenvalue weighted by molar-refractivity contribution is 5.85. The first-order valence-electron chi connectivity index (χ1n) is 11.6. The Morgan fingerprint density at radius 1 is 1.12 bits per heavy atom. The van der Waals surface area contributed by atoms with Crippen molar-refractivity contribution in [2.45, 2.75) is 19.4 Å². The molecule has 8 nitrogen and oxygen atoms in total. The van der Waals surface area contributed by atoms with Crippen LogP contribution in [0.4, 0.5) is 5.82 Å². The second-order valence-electron chi connectivity index (χ2n) is 8.80. The van der Waals surface area contributed by atoms with Crippen molar-refractivity contribution in [2.75, 3.05) is 24.6 Å². The molecule has 1 saturated carbocycles. The Labute approximate surface area is 197 Å². The van der Waals surface area contributed by atoms with Crippen LogP contribution in [0.1, 0.15) is 18.9 Å². The van der Waals surface area contributed by atoms with Gasteiger partial charge in [0.15, 0.2) is 0 Å². The largest absolute Gasteiger partial charge is 0.492 e. The molecule has 3 fully saturated rings. The van der Waals surface area contributed by atoms with Crippen LogP contribution >= 0.6 is 0 Å². The molecular weight excluding hydrogens is 428 g/mol. The lowest BCUT2D eigenvalue weighted by Gasteiger charge is -2.53. The van der Waals surface area contributed by atoms with Gasteiger partial charge >= 0.3 is 0 Å². The van der Waals surface area contributed by atoms with Crippen molar-refractivity contribution in [3.05, 3.63) is 66.7 Å². The SMILES string of the molecule is CCOc1cc(-c2ccc(N3CC4C[C@@H](C3)[C@H]4Oc3ccccn3)nc2)c2c(C#N)cnn2c1. The molecule has 4 aromatic heterocycles. The first kappa shape index (κ1) is 20.5. The fraction of sp³-hybridized carbons (Fsp3) is 0.308. The lowest BCUT2D eigenvalue weighted by atomic mass is 9.68. The highest BCUT2D eigenvalue weighted by atomic mass is 16.5. The number of anilines is 1. The van der Waals surface area contributed by atoms with Crippen LogP contribution in [-0.4, -0.2) is 45.4 Å². The zero-order valence-corrected chi connectivity index (χ0v) is 18.8. The van der Waals surface area contributed by atoms with Crippen LogP contribution in [0.25, 0.3) is 16.6 Å². The number of piperidine rings is 2. The fourth-order valence-electron chi connectivity index (χ4n) is 5.16. The molecular formula is C26H24N6O2. The van der Waals surface area contributed by atoms with Crippen LogP contribution in [0.15, 0.2) is 61.2 Å². The van der Waals surface area contributed by atoms with E-state index in [2.05, 4.69) is 33.2 Å². The summed E-state index contributed by atoms with van der Waals surface area (Å²) < 4.78 is 13.6. The molecule has 1 unspecified atom stereocenters. The number of hydrogen-bond donors (Lipinski definition) is 0. The van der Waals surface area contributed by atoms with Crippen LogP contribution in [0, 0.1) is 23.2 Å². The number of hydrogen-bond acceptors (Lipinski definition) is 7. The van der Waals surface area contributed by atoms with Crippen molar-refractivity contribution >= 4 is 11.3 Å². The zero-order valence-electron chi connectivity index (χ0n) is 18.8. The summed E-state index contributed by atoms with van der Waals surface area (Å²) in [6.45, 7) is 4.34. The Morgan fingerprint density at radius 3 is 2.71 bits per heavy atom. The third kappa shape index (κ3) is 3.50. The van der Waals surface area contributed by atoms with E-state index in [9.17, 15) is 5.26 Å². The fourth-order valence-corrected chi connectivity index (χ4v) is 5.16. The number of rotatable bonds is 6. The number of pyridine rings is 3. The normalized spacial score (nSPS) is 21.1. The molecule has 4 aromatic rings. The summed E-state index contributed by atoms with van der Waals surface area (Å²) in [5.41, 5.74) is 3.08. The minimum Gasteiger partial charge on any atom is -0.492 e. The van der Waals surface area contributed by atoms with Gasteiger partial charge in [-0.1, -0.05) is 6.07 Å². The van der Waals surface area contributed by atoms with E-state index in [1.165, 1.54) is 6.42 Å². The van der Waals surface area contributed by atoms with Gasteiger partial charge in [-0.05, 0) is 37.6 Å². The summed E-state index contributed by atoms with van der Waals surface area (Å²) in [6, 6.07) is 14.1. The summed E-state index contributed by atoms with van der Waals surface area (Å²) in [7, 11) is 0. The highest BCUT2D eigenvalue weighted by Gasteiger charge is 2.48. The lowest BCUT2D eigenvalue weighted by Crippen LogP contribution is -2.60. The topological polar surface area (TPSA) is 88.6 Å². The Morgan fingerprint density at radius 2 is 2.00 bits per heavy atom. The summed E-state index contributed by atoms with van der Waals surface area (Å²) in [5, 5.41) is 13.9. The molecule has 2 aliphatic heterocycles. The minimum atomic E-state index is 0.228. The van der Waals surface area contributed by atoms with E-state index >= 15 is 0 Å². The monoisotopic (exact) mass is 452 g/mol. The quantitative estimate of drug-likeness (QED) is 0.437. The van der Waals surface area contributed by atoms with Gasteiger partial charge in [0, 0.05) is 54.5 Å². The van der Waals surface area contributed by atoms with Gasteiger partial charge in [0.2, 0.25) is 5.88 Å². The van der Waals surface area contributed by atoms with Gasteiger partial charge in [0.05, 0.1) is 30.1 Å². The Kier molecular flexibility index (Phi) is 5.02. The molecule has 0 aromatic carbocycles. The second kappa shape index (κ2) is 8.34. The van der Waals surface area contributed by atoms with E-state index in [-0.39, 0.29) is 6.10 Å². The number of fused-ring (bicyclic) bond motifs is 3. The molecule has 8 heteroatoms. The van der Waals surface area contributed by atoms with Crippen molar-refractivity contribution in [1.29, 1.82) is 5.26 Å². The summed E-state index contributed by atoms with van der Waals surface area (Å²) in [5.74, 6) is 3.33. The van der Waals surface area contributed by atoms with Gasteiger partial charge in [-0.25, -0.2) is 14.5 Å². The molecule has 2 bridgehead atoms. The number of nitrogens with zero attached hydrogens (tertiary/aromatic N) is 6. The molecule has 0 amide bonds. The molecule has 1 aliphatic carbocycles. The third-order valence-corrected chi connectivity index (χ3v) is 6.74. The number of nitriles is 1. The van der Waals surface area contributed by atoms with E-state index < -0.39 is 0 Å². The third-order valence-electron chi connectivity index (χ3n) is 6.74. The van der Waals surface area contributed by atoms with Gasteiger partial charge in [-0.2, -0.15) is 10.4 Å². The molecule has 0 spiro atoms. The predicted octanol–water partition coefficient (Wildman–Crippen LogP) is 3.97. The van der Waals surface area contributed by atoms with E-state index in [1.807, 2.05) is 37.4 Å². The summed E-state index contributed by atoms with van der Waals surface area (Å²) in [6.07, 6.45) is 8.44. The van der Waals surface area contributed by atoms with Gasteiger partial charge in [-0.15, -0.1) is 0 Å². The van der Waals surface area contributed by atoms with E-state index in [1.54, 1.807) is 23.1 Å². The zero-order chi connectivity index (χ0) is 23.1. The summed E-state index contributed by atoms with van der Waals surface area (Å²) >= 11 is 0. The van der Waals surface area contributed by atoms with Crippen LogP contribution in [0.5, 0.6) is 11.6 Å². The van der Waals surface area contributed by atoms with Crippen LogP contribution < -0.4 is 14.4 Å². The molecule has 6 heterocycles. The molecule has 0 radical (unpaired) electrons. The smallest absolute Gasteiger partial charge is 0.213 e. The van der Waals surface area contributed by atoms with Gasteiger partial charge in [0.25, 0.3) is 0 Å². The first-order chi connectivity index (χ1) is 16.7. The number of ether oxygens (including phenoxy) is 2. The first-order valence-corrected chi connectivity index (χ1v) is 11.6. The average Bonchev–Trinajstić information content (AvgIpc) is 3.31. The van der Waals surface area contributed by atoms with Crippen molar-refractivity contribution in [3.63, 3.8) is 0 Å². The highest BCUT2D eigenvalue weighted by Crippen LogP contribution is 2.43. The van der Waals surface area contributed by atoms with E-state index in [0.29, 0.717) is 35.6 Å². The molecule has 170 valence electrons. The molecule has 34 heavy (non-hydrogen) atoms. The second-order valence-corrected chi connectivity index (χ2v) is 8.80. The Balaban J connectivity index is 1.23.